The number of carbonyl (C=O) groups excluding carboxylic acids is 1. The predicted molar refractivity (Wildman–Crippen MR) is 128 cm³/mol. The van der Waals surface area contributed by atoms with Crippen molar-refractivity contribution < 1.29 is 17.9 Å². The minimum Gasteiger partial charge on any atom is -0.384 e. The van der Waals surface area contributed by atoms with E-state index in [1.54, 1.807) is 11.1 Å². The van der Waals surface area contributed by atoms with Gasteiger partial charge >= 0.3 is 0 Å². The number of fused-ring (bicyclic) bond motifs is 1. The van der Waals surface area contributed by atoms with Crippen molar-refractivity contribution in [2.24, 2.45) is 0 Å². The third-order valence-corrected chi connectivity index (χ3v) is 8.45. The first-order chi connectivity index (χ1) is 15.9. The Bertz CT molecular complexity index is 1320. The summed E-state index contributed by atoms with van der Waals surface area (Å²) in [4.78, 5) is 22.3. The first kappa shape index (κ1) is 22.3. The largest absolute Gasteiger partial charge is 0.384 e. The van der Waals surface area contributed by atoms with Crippen LogP contribution in [0.2, 0.25) is 5.02 Å². The van der Waals surface area contributed by atoms with Crippen molar-refractivity contribution in [1.29, 1.82) is 0 Å². The van der Waals surface area contributed by atoms with Crippen molar-refractivity contribution in [3.63, 3.8) is 0 Å². The number of carbonyl (C=O) groups is 1. The van der Waals surface area contributed by atoms with Crippen LogP contribution in [-0.4, -0.2) is 67.7 Å². The summed E-state index contributed by atoms with van der Waals surface area (Å²) in [7, 11) is -2.08. The molecule has 1 aliphatic carbocycles. The van der Waals surface area contributed by atoms with Crippen molar-refractivity contribution in [3.8, 4) is 11.1 Å². The monoisotopic (exact) mass is 488 g/mol. The maximum atomic E-state index is 12.9. The number of anilines is 1. The summed E-state index contributed by atoms with van der Waals surface area (Å²) >= 11 is 6.85. The van der Waals surface area contributed by atoms with E-state index in [9.17, 15) is 13.2 Å². The maximum absolute atomic E-state index is 12.9. The topological polar surface area (TPSA) is 95.6 Å². The van der Waals surface area contributed by atoms with Crippen LogP contribution in [-0.2, 0) is 19.6 Å². The van der Waals surface area contributed by atoms with Gasteiger partial charge in [-0.2, -0.15) is 4.31 Å². The number of aromatic nitrogens is 2. The molecule has 1 aliphatic heterocycles. The Labute approximate surface area is 197 Å². The zero-order valence-corrected chi connectivity index (χ0v) is 19.8. The lowest BCUT2D eigenvalue weighted by Crippen LogP contribution is -2.53. The van der Waals surface area contributed by atoms with Crippen molar-refractivity contribution >= 4 is 44.3 Å². The fourth-order valence-corrected chi connectivity index (χ4v) is 5.98. The zero-order valence-electron chi connectivity index (χ0n) is 18.3. The van der Waals surface area contributed by atoms with Crippen LogP contribution in [0.25, 0.3) is 22.2 Å². The molecule has 0 atom stereocenters. The number of ether oxygens (including phenoxy) is 1. The number of halogens is 1. The SMILES string of the molecule is COCCS(=O)(=O)N1CCN(c2cccc(-c3cnc4[nH]cc(C5CC5)c4c3Cl)c2)C(=O)C1. The minimum absolute atomic E-state index is 0.0987. The van der Waals surface area contributed by atoms with Crippen molar-refractivity contribution in [1.82, 2.24) is 14.3 Å². The number of amides is 1. The number of nitrogens with one attached hydrogen (secondary N) is 1. The number of benzene rings is 1. The highest BCUT2D eigenvalue weighted by atomic mass is 35.5. The number of hydrogen-bond acceptors (Lipinski definition) is 5. The van der Waals surface area contributed by atoms with Gasteiger partial charge in [0.2, 0.25) is 15.9 Å². The smallest absolute Gasteiger partial charge is 0.242 e. The molecule has 0 spiro atoms. The first-order valence-electron chi connectivity index (χ1n) is 10.9. The average molecular weight is 489 g/mol. The number of methoxy groups -OCH3 is 1. The highest BCUT2D eigenvalue weighted by molar-refractivity contribution is 7.89. The van der Waals surface area contributed by atoms with Gasteiger partial charge in [0, 0.05) is 49.2 Å². The summed E-state index contributed by atoms with van der Waals surface area (Å²) in [5, 5.41) is 1.62. The number of H-pyrrole nitrogens is 1. The average Bonchev–Trinajstić information content (AvgIpc) is 3.56. The lowest BCUT2D eigenvalue weighted by atomic mass is 10.0. The predicted octanol–water partition coefficient (Wildman–Crippen LogP) is 3.39. The molecule has 174 valence electrons. The van der Waals surface area contributed by atoms with Gasteiger partial charge in [-0.15, -0.1) is 0 Å². The Balaban J connectivity index is 1.41. The van der Waals surface area contributed by atoms with Crippen LogP contribution < -0.4 is 4.90 Å². The van der Waals surface area contributed by atoms with Gasteiger partial charge in [-0.25, -0.2) is 13.4 Å². The number of piperazine rings is 1. The second-order valence-electron chi connectivity index (χ2n) is 8.47. The molecule has 10 heteroatoms. The van der Waals surface area contributed by atoms with Crippen LogP contribution in [0.4, 0.5) is 5.69 Å². The molecule has 0 unspecified atom stereocenters. The first-order valence-corrected chi connectivity index (χ1v) is 12.9. The van der Waals surface area contributed by atoms with Gasteiger partial charge in [-0.3, -0.25) is 4.79 Å². The lowest BCUT2D eigenvalue weighted by Gasteiger charge is -2.33. The van der Waals surface area contributed by atoms with Gasteiger partial charge in [0.15, 0.2) is 0 Å². The lowest BCUT2D eigenvalue weighted by molar-refractivity contribution is -0.119. The number of aromatic amines is 1. The normalized spacial score (nSPS) is 17.8. The number of nitrogens with zero attached hydrogens (tertiary/aromatic N) is 3. The van der Waals surface area contributed by atoms with Gasteiger partial charge < -0.3 is 14.6 Å². The molecule has 1 saturated heterocycles. The van der Waals surface area contributed by atoms with Crippen molar-refractivity contribution in [2.45, 2.75) is 18.8 Å². The van der Waals surface area contributed by atoms with Crippen LogP contribution in [0.15, 0.2) is 36.7 Å². The van der Waals surface area contributed by atoms with Crippen molar-refractivity contribution in [2.75, 3.05) is 44.0 Å². The molecule has 5 rings (SSSR count). The molecular formula is C23H25ClN4O4S. The van der Waals surface area contributed by atoms with E-state index in [2.05, 4.69) is 9.97 Å². The summed E-state index contributed by atoms with van der Waals surface area (Å²) in [5.41, 5.74) is 4.36. The summed E-state index contributed by atoms with van der Waals surface area (Å²) in [5.74, 6) is 0.136. The van der Waals surface area contributed by atoms with E-state index in [1.807, 2.05) is 30.5 Å². The van der Waals surface area contributed by atoms with Crippen LogP contribution in [0.1, 0.15) is 24.3 Å². The van der Waals surface area contributed by atoms with E-state index in [-0.39, 0.29) is 37.9 Å². The molecule has 2 aromatic heterocycles. The molecule has 0 radical (unpaired) electrons. The molecule has 33 heavy (non-hydrogen) atoms. The highest BCUT2D eigenvalue weighted by Crippen LogP contribution is 2.46. The van der Waals surface area contributed by atoms with Crippen molar-refractivity contribution in [3.05, 3.63) is 47.2 Å². The molecule has 1 N–H and O–H groups in total. The van der Waals surface area contributed by atoms with E-state index in [0.29, 0.717) is 16.6 Å². The van der Waals surface area contributed by atoms with Gasteiger partial charge in [-0.05, 0) is 42.0 Å². The number of rotatable bonds is 7. The number of sulfonamides is 1. The highest BCUT2D eigenvalue weighted by Gasteiger charge is 2.32. The fourth-order valence-electron chi connectivity index (χ4n) is 4.32. The molecule has 2 fully saturated rings. The van der Waals surface area contributed by atoms with Crippen LogP contribution in [0.5, 0.6) is 0 Å². The van der Waals surface area contributed by atoms with E-state index in [4.69, 9.17) is 16.3 Å². The fraction of sp³-hybridized carbons (Fsp3) is 0.391. The molecule has 0 bridgehead atoms. The van der Waals surface area contributed by atoms with Gasteiger partial charge in [0.1, 0.15) is 5.65 Å². The molecule has 1 aromatic carbocycles. The molecular weight excluding hydrogens is 464 g/mol. The molecule has 1 saturated carbocycles. The minimum atomic E-state index is -3.53. The Morgan fingerprint density at radius 3 is 2.82 bits per heavy atom. The third kappa shape index (κ3) is 4.26. The second-order valence-corrected chi connectivity index (χ2v) is 10.9. The molecule has 2 aliphatic rings. The summed E-state index contributed by atoms with van der Waals surface area (Å²) in [6.07, 6.45) is 6.08. The quantitative estimate of drug-likeness (QED) is 0.550. The van der Waals surface area contributed by atoms with E-state index >= 15 is 0 Å². The summed E-state index contributed by atoms with van der Waals surface area (Å²) in [6, 6.07) is 7.57. The van der Waals surface area contributed by atoms with E-state index in [0.717, 1.165) is 35.0 Å². The van der Waals surface area contributed by atoms with E-state index < -0.39 is 10.0 Å². The van der Waals surface area contributed by atoms with Crippen LogP contribution >= 0.6 is 11.6 Å². The standard InChI is InChI=1S/C23H25ClN4O4S/c1-32-9-10-33(30,31)27-7-8-28(20(29)14-27)17-4-2-3-16(11-17)19-13-26-23-21(22(19)24)18(12-25-23)15-5-6-15/h2-4,11-13,15H,5-10,14H2,1H3,(H,25,26). The Morgan fingerprint density at radius 1 is 1.27 bits per heavy atom. The van der Waals surface area contributed by atoms with Crippen LogP contribution in [0, 0.1) is 0 Å². The summed E-state index contributed by atoms with van der Waals surface area (Å²) < 4.78 is 31.0. The molecule has 3 aromatic rings. The molecule has 8 nitrogen and oxygen atoms in total. The Kier molecular flexibility index (Phi) is 5.90. The Morgan fingerprint density at radius 2 is 2.09 bits per heavy atom. The second kappa shape index (κ2) is 8.72. The zero-order chi connectivity index (χ0) is 23.2. The molecule has 3 heterocycles. The van der Waals surface area contributed by atoms with Gasteiger partial charge in [0.05, 0.1) is 23.9 Å². The number of pyridine rings is 1. The number of hydrogen-bond donors (Lipinski definition) is 1. The van der Waals surface area contributed by atoms with E-state index in [1.165, 1.54) is 17.0 Å². The summed E-state index contributed by atoms with van der Waals surface area (Å²) in [6.45, 7) is 0.438. The maximum Gasteiger partial charge on any atom is 0.242 e. The third-order valence-electron chi connectivity index (χ3n) is 6.28. The van der Waals surface area contributed by atoms with Gasteiger partial charge in [-0.1, -0.05) is 23.7 Å². The van der Waals surface area contributed by atoms with Gasteiger partial charge in [0.25, 0.3) is 0 Å². The Hall–Kier alpha value is -2.46. The molecule has 1 amide bonds. The van der Waals surface area contributed by atoms with Crippen LogP contribution in [0.3, 0.4) is 0 Å².